The van der Waals surface area contributed by atoms with Gasteiger partial charge in [0.2, 0.25) is 5.91 Å². The molecule has 0 aliphatic carbocycles. The molecule has 4 heteroatoms. The number of fused-ring (bicyclic) bond motifs is 2. The monoisotopic (exact) mass is 243 g/mol. The van der Waals surface area contributed by atoms with E-state index in [1.54, 1.807) is 0 Å². The molecule has 2 heterocycles. The highest BCUT2D eigenvalue weighted by atomic mass is 16.2. The van der Waals surface area contributed by atoms with Gasteiger partial charge in [0.05, 0.1) is 16.8 Å². The van der Waals surface area contributed by atoms with Crippen LogP contribution < -0.4 is 16.0 Å². The summed E-state index contributed by atoms with van der Waals surface area (Å²) < 4.78 is 0. The third kappa shape index (κ3) is 1.35. The quantitative estimate of drug-likeness (QED) is 0.665. The summed E-state index contributed by atoms with van der Waals surface area (Å²) in [7, 11) is 0. The number of benzene rings is 1. The topological polar surface area (TPSA) is 53.2 Å². The number of carbonyl (C=O) groups is 1. The Morgan fingerprint density at radius 1 is 1.22 bits per heavy atom. The minimum Gasteiger partial charge on any atom is -0.360 e. The Morgan fingerprint density at radius 3 is 2.44 bits per heavy atom. The molecule has 94 valence electrons. The maximum atomic E-state index is 11.9. The normalized spacial score (nSPS) is 22.6. The summed E-state index contributed by atoms with van der Waals surface area (Å²) in [6.07, 6.45) is 0.0707. The van der Waals surface area contributed by atoms with Crippen LogP contribution in [0.15, 0.2) is 24.3 Å². The fourth-order valence-corrected chi connectivity index (χ4v) is 2.45. The lowest BCUT2D eigenvalue weighted by atomic mass is 9.86. The molecule has 0 bridgehead atoms. The van der Waals surface area contributed by atoms with Crippen LogP contribution in [-0.2, 0) is 10.2 Å². The van der Waals surface area contributed by atoms with Gasteiger partial charge in [0.1, 0.15) is 6.17 Å². The van der Waals surface area contributed by atoms with Gasteiger partial charge in [-0.3, -0.25) is 4.79 Å². The van der Waals surface area contributed by atoms with Crippen molar-refractivity contribution in [2.24, 2.45) is 0 Å². The average Bonchev–Trinajstić information content (AvgIpc) is 2.78. The highest BCUT2D eigenvalue weighted by molar-refractivity contribution is 6.07. The van der Waals surface area contributed by atoms with Crippen LogP contribution in [-0.4, -0.2) is 12.1 Å². The van der Waals surface area contributed by atoms with Crippen molar-refractivity contribution in [2.75, 3.05) is 16.0 Å². The second-order valence-electron chi connectivity index (χ2n) is 5.59. The minimum atomic E-state index is -0.465. The Kier molecular flexibility index (Phi) is 2.03. The van der Waals surface area contributed by atoms with Crippen LogP contribution in [0.1, 0.15) is 26.3 Å². The molecule has 1 unspecified atom stereocenters. The van der Waals surface area contributed by atoms with E-state index in [4.69, 9.17) is 0 Å². The van der Waals surface area contributed by atoms with Crippen LogP contribution in [0.5, 0.6) is 0 Å². The van der Waals surface area contributed by atoms with Gasteiger partial charge < -0.3 is 16.0 Å². The van der Waals surface area contributed by atoms with Crippen molar-refractivity contribution in [1.82, 2.24) is 0 Å². The summed E-state index contributed by atoms with van der Waals surface area (Å²) in [6, 6.07) is 4.05. The summed E-state index contributed by atoms with van der Waals surface area (Å²) in [6.45, 7) is 9.81. The first kappa shape index (κ1) is 11.1. The molecule has 3 N–H and O–H groups in total. The molecule has 0 spiro atoms. The largest absolute Gasteiger partial charge is 0.360 e. The van der Waals surface area contributed by atoms with Crippen LogP contribution in [0.4, 0.5) is 17.1 Å². The van der Waals surface area contributed by atoms with Gasteiger partial charge in [-0.05, 0) is 44.0 Å². The van der Waals surface area contributed by atoms with E-state index in [2.05, 4.69) is 28.6 Å². The van der Waals surface area contributed by atoms with Crippen LogP contribution in [0.25, 0.3) is 0 Å². The maximum absolute atomic E-state index is 11.9. The Morgan fingerprint density at radius 2 is 1.83 bits per heavy atom. The zero-order valence-electron chi connectivity index (χ0n) is 10.8. The van der Waals surface area contributed by atoms with E-state index in [1.165, 1.54) is 0 Å². The molecule has 1 amide bonds. The van der Waals surface area contributed by atoms with Crippen molar-refractivity contribution in [3.8, 4) is 0 Å². The molecular weight excluding hydrogens is 226 g/mol. The van der Waals surface area contributed by atoms with E-state index in [9.17, 15) is 4.79 Å². The van der Waals surface area contributed by atoms with Crippen molar-refractivity contribution in [3.05, 3.63) is 29.8 Å². The molecule has 2 aliphatic heterocycles. The number of anilines is 3. The second-order valence-corrected chi connectivity index (χ2v) is 5.59. The molecule has 4 nitrogen and oxygen atoms in total. The van der Waals surface area contributed by atoms with E-state index in [0.29, 0.717) is 0 Å². The van der Waals surface area contributed by atoms with Gasteiger partial charge in [0.25, 0.3) is 0 Å². The highest BCUT2D eigenvalue weighted by Gasteiger charge is 2.39. The number of nitrogens with one attached hydrogen (secondary N) is 3. The summed E-state index contributed by atoms with van der Waals surface area (Å²) in [5, 5.41) is 9.64. The van der Waals surface area contributed by atoms with Gasteiger partial charge >= 0.3 is 0 Å². The van der Waals surface area contributed by atoms with Gasteiger partial charge in [0, 0.05) is 5.69 Å². The first-order valence-electron chi connectivity index (χ1n) is 6.08. The van der Waals surface area contributed by atoms with Crippen LogP contribution in [0, 0.1) is 0 Å². The minimum absolute atomic E-state index is 0.0534. The fraction of sp³-hybridized carbons (Fsp3) is 0.357. The summed E-state index contributed by atoms with van der Waals surface area (Å²) in [5.41, 5.74) is 4.57. The second kappa shape index (κ2) is 3.28. The molecule has 1 atom stereocenters. The third-order valence-corrected chi connectivity index (χ3v) is 3.74. The zero-order valence-corrected chi connectivity index (χ0v) is 10.8. The first-order chi connectivity index (χ1) is 8.39. The zero-order chi connectivity index (χ0) is 13.1. The SMILES string of the molecule is C=C(C)C1Nc2cc3c(cc2N1)C(C)(C)C(=O)N3. The lowest BCUT2D eigenvalue weighted by Gasteiger charge is -2.15. The molecule has 0 aromatic heterocycles. The van der Waals surface area contributed by atoms with Crippen LogP contribution >= 0.6 is 0 Å². The lowest BCUT2D eigenvalue weighted by Crippen LogP contribution is -2.27. The van der Waals surface area contributed by atoms with Crippen molar-refractivity contribution in [3.63, 3.8) is 0 Å². The standard InChI is InChI=1S/C14H17N3O/c1-7(2)12-15-10-5-8-9(6-11(10)16-12)17-13(18)14(8,3)4/h5-6,12,15-16H,1H2,2-4H3,(H,17,18). The van der Waals surface area contributed by atoms with Gasteiger partial charge in [-0.2, -0.15) is 0 Å². The molecule has 0 radical (unpaired) electrons. The molecule has 2 aliphatic rings. The summed E-state index contributed by atoms with van der Waals surface area (Å²) in [4.78, 5) is 11.9. The Labute approximate surface area is 106 Å². The molecule has 0 fully saturated rings. The smallest absolute Gasteiger partial charge is 0.234 e. The lowest BCUT2D eigenvalue weighted by molar-refractivity contribution is -0.119. The van der Waals surface area contributed by atoms with Gasteiger partial charge in [-0.25, -0.2) is 0 Å². The van der Waals surface area contributed by atoms with E-state index in [1.807, 2.05) is 26.8 Å². The Bertz CT molecular complexity index is 575. The maximum Gasteiger partial charge on any atom is 0.234 e. The van der Waals surface area contributed by atoms with Crippen molar-refractivity contribution < 1.29 is 4.79 Å². The summed E-state index contributed by atoms with van der Waals surface area (Å²) in [5.74, 6) is 0.0534. The Hall–Kier alpha value is -1.97. The van der Waals surface area contributed by atoms with Crippen molar-refractivity contribution in [1.29, 1.82) is 0 Å². The molecule has 0 saturated carbocycles. The van der Waals surface area contributed by atoms with Gasteiger partial charge in [0.15, 0.2) is 0 Å². The van der Waals surface area contributed by atoms with Crippen molar-refractivity contribution in [2.45, 2.75) is 32.4 Å². The highest BCUT2D eigenvalue weighted by Crippen LogP contribution is 2.44. The van der Waals surface area contributed by atoms with Crippen LogP contribution in [0.2, 0.25) is 0 Å². The molecule has 1 aromatic rings. The van der Waals surface area contributed by atoms with E-state index in [0.717, 1.165) is 28.2 Å². The molecule has 0 saturated heterocycles. The molecule has 18 heavy (non-hydrogen) atoms. The molecule has 3 rings (SSSR count). The molecular formula is C14H17N3O. The first-order valence-corrected chi connectivity index (χ1v) is 6.08. The number of amides is 1. The van der Waals surface area contributed by atoms with E-state index >= 15 is 0 Å². The third-order valence-electron chi connectivity index (χ3n) is 3.74. The number of hydrogen-bond acceptors (Lipinski definition) is 3. The number of hydrogen-bond donors (Lipinski definition) is 3. The van der Waals surface area contributed by atoms with Crippen LogP contribution in [0.3, 0.4) is 0 Å². The van der Waals surface area contributed by atoms with Gasteiger partial charge in [-0.15, -0.1) is 0 Å². The van der Waals surface area contributed by atoms with E-state index in [-0.39, 0.29) is 12.1 Å². The summed E-state index contributed by atoms with van der Waals surface area (Å²) >= 11 is 0. The van der Waals surface area contributed by atoms with Gasteiger partial charge in [-0.1, -0.05) is 6.58 Å². The predicted molar refractivity (Wildman–Crippen MR) is 73.9 cm³/mol. The van der Waals surface area contributed by atoms with E-state index < -0.39 is 5.41 Å². The molecule has 1 aromatic carbocycles. The predicted octanol–water partition coefficient (Wildman–Crippen LogP) is 2.66. The number of carbonyl (C=O) groups excluding carboxylic acids is 1. The fourth-order valence-electron chi connectivity index (χ4n) is 2.45. The van der Waals surface area contributed by atoms with Crippen molar-refractivity contribution >= 4 is 23.0 Å². The Balaban J connectivity index is 2.05. The number of rotatable bonds is 1. The average molecular weight is 243 g/mol.